The van der Waals surface area contributed by atoms with E-state index in [1.165, 1.54) is 37.1 Å². The van der Waals surface area contributed by atoms with Gasteiger partial charge in [-0.05, 0) is 80.8 Å². The number of H-pyrrole nitrogens is 4. The number of aromatic nitrogens is 16. The van der Waals surface area contributed by atoms with Crippen molar-refractivity contribution in [2.45, 2.75) is 115 Å². The molecule has 0 unspecified atom stereocenters. The van der Waals surface area contributed by atoms with Crippen LogP contribution in [0.5, 0.6) is 0 Å². The highest BCUT2D eigenvalue weighted by molar-refractivity contribution is 6.32. The Bertz CT molecular complexity index is 5520. The Labute approximate surface area is 678 Å². The fraction of sp³-hybridized carbons (Fsp3) is 0.333. The lowest BCUT2D eigenvalue weighted by Gasteiger charge is -2.35. The highest BCUT2D eigenvalue weighted by Gasteiger charge is 2.36. The van der Waals surface area contributed by atoms with Gasteiger partial charge in [0.05, 0.1) is 32.5 Å². The quantitative estimate of drug-likeness (QED) is 0.0265. The normalized spacial score (nSPS) is 14.0. The molecule has 0 aliphatic carbocycles. The summed E-state index contributed by atoms with van der Waals surface area (Å²) in [7, 11) is 0. The van der Waals surface area contributed by atoms with Crippen molar-refractivity contribution in [3.05, 3.63) is 142 Å². The summed E-state index contributed by atoms with van der Waals surface area (Å²) in [5.74, 6) is -3.83. The molecular formula is C72H68Cl4F14N24O4. The molecule has 4 amide bonds. The van der Waals surface area contributed by atoms with Gasteiger partial charge in [-0.2, -0.15) is 52.7 Å². The molecule has 11 N–H and O–H groups in total. The third-order valence-corrected chi connectivity index (χ3v) is 17.9. The SMILES string of the molecule is CC(C)C[C@@H](Nc1nc(-c2c[nH]c3ncc(Cl)cc23)ncc1F)C(=O)NCC(F)(F)F.CC[C@@H](Nc1ccnc(-c2c[nH]c3ncc(Cl)cc23)n1)C(=O)NCC(F)(F)F.CC[C@@H](Nc1nc(-c2c[nH]c3ncc(Cl)cc23)ncc1F)C(=O)NCC(F)(F)F.O=C(NCC(F)(F)F)[C@H]1CCCCN1c1ccnc(-c2c[nH]c3ncc(Cl)cc23)n1. The predicted octanol–water partition coefficient (Wildman–Crippen LogP) is 15.3. The fourth-order valence-electron chi connectivity index (χ4n) is 11.7. The van der Waals surface area contributed by atoms with Gasteiger partial charge in [0.25, 0.3) is 0 Å². The Hall–Kier alpha value is -11.7. The highest BCUT2D eigenvalue weighted by atomic mass is 35.5. The van der Waals surface area contributed by atoms with Crippen molar-refractivity contribution in [2.24, 2.45) is 5.92 Å². The molecular weight excluding hydrogens is 1670 g/mol. The van der Waals surface area contributed by atoms with Crippen LogP contribution in [0.2, 0.25) is 20.1 Å². The number of alkyl halides is 12. The van der Waals surface area contributed by atoms with Gasteiger partial charge in [0.15, 0.2) is 46.6 Å². The molecule has 0 radical (unpaired) electrons. The molecule has 28 nitrogen and oxygen atoms in total. The molecule has 12 aromatic rings. The van der Waals surface area contributed by atoms with Crippen LogP contribution in [0.4, 0.5) is 84.7 Å². The summed E-state index contributed by atoms with van der Waals surface area (Å²) in [6, 6.07) is 6.09. The average Bonchev–Trinajstić information content (AvgIpc) is 1.62. The third kappa shape index (κ3) is 24.5. The van der Waals surface area contributed by atoms with Gasteiger partial charge in [-0.25, -0.2) is 68.6 Å². The van der Waals surface area contributed by atoms with Crippen LogP contribution in [-0.2, 0) is 19.2 Å². The molecule has 0 spiro atoms. The Balaban J connectivity index is 0.000000166. The molecule has 12 aromatic heterocycles. The van der Waals surface area contributed by atoms with E-state index in [4.69, 9.17) is 46.4 Å². The van der Waals surface area contributed by atoms with E-state index in [0.717, 1.165) is 36.0 Å². The van der Waals surface area contributed by atoms with E-state index in [2.05, 4.69) is 95.7 Å². The zero-order valence-electron chi connectivity index (χ0n) is 61.8. The van der Waals surface area contributed by atoms with Gasteiger partial charge in [0.2, 0.25) is 23.6 Å². The number of piperidine rings is 1. The molecule has 1 saturated heterocycles. The van der Waals surface area contributed by atoms with E-state index in [0.29, 0.717) is 112 Å². The number of pyridine rings is 4. The molecule has 0 bridgehead atoms. The lowest BCUT2D eigenvalue weighted by molar-refractivity contribution is -0.139. The number of hydrogen-bond donors (Lipinski definition) is 11. The molecule has 0 aromatic carbocycles. The maximum Gasteiger partial charge on any atom is 0.405 e. The Morgan fingerprint density at radius 3 is 1.20 bits per heavy atom. The average molecular weight is 1740 g/mol. The van der Waals surface area contributed by atoms with Crippen molar-refractivity contribution in [2.75, 3.05) is 53.6 Å². The molecule has 1 aliphatic rings. The minimum atomic E-state index is -4.56. The number of halogens is 18. The van der Waals surface area contributed by atoms with E-state index < -0.39 is 110 Å². The van der Waals surface area contributed by atoms with Crippen molar-refractivity contribution in [3.8, 4) is 45.6 Å². The van der Waals surface area contributed by atoms with Crippen molar-refractivity contribution >= 4 is 137 Å². The zero-order chi connectivity index (χ0) is 85.6. The van der Waals surface area contributed by atoms with Crippen LogP contribution >= 0.6 is 46.4 Å². The Morgan fingerprint density at radius 2 is 0.814 bits per heavy atom. The van der Waals surface area contributed by atoms with Crippen LogP contribution < -0.4 is 42.1 Å². The van der Waals surface area contributed by atoms with E-state index in [9.17, 15) is 80.6 Å². The van der Waals surface area contributed by atoms with Gasteiger partial charge in [0.1, 0.15) is 84.6 Å². The van der Waals surface area contributed by atoms with Crippen LogP contribution in [0.25, 0.3) is 89.7 Å². The van der Waals surface area contributed by atoms with E-state index in [-0.39, 0.29) is 48.5 Å². The second kappa shape index (κ2) is 38.6. The molecule has 46 heteroatoms. The minimum Gasteiger partial charge on any atom is -0.358 e. The monoisotopic (exact) mass is 1740 g/mol. The first-order valence-corrected chi connectivity index (χ1v) is 37.0. The first kappa shape index (κ1) is 88.7. The first-order chi connectivity index (χ1) is 55.8. The molecule has 1 fully saturated rings. The molecule has 118 heavy (non-hydrogen) atoms. The third-order valence-electron chi connectivity index (χ3n) is 17.1. The number of anilines is 4. The zero-order valence-corrected chi connectivity index (χ0v) is 64.8. The molecule has 0 saturated carbocycles. The lowest BCUT2D eigenvalue weighted by Crippen LogP contribution is -2.51. The lowest BCUT2D eigenvalue weighted by atomic mass is 10.0. The van der Waals surface area contributed by atoms with Gasteiger partial charge >= 0.3 is 24.7 Å². The summed E-state index contributed by atoms with van der Waals surface area (Å²) in [4.78, 5) is 113. The summed E-state index contributed by atoms with van der Waals surface area (Å²) in [5.41, 5.74) is 4.61. The van der Waals surface area contributed by atoms with Gasteiger partial charge < -0.3 is 62.1 Å². The number of nitrogens with one attached hydrogen (secondary N) is 11. The second-order valence-corrected chi connectivity index (χ2v) is 28.1. The van der Waals surface area contributed by atoms with Crippen LogP contribution in [0.15, 0.2) is 111 Å². The topological polar surface area (TPSA) is 374 Å². The van der Waals surface area contributed by atoms with Crippen LogP contribution in [0.3, 0.4) is 0 Å². The van der Waals surface area contributed by atoms with Gasteiger partial charge in [-0.15, -0.1) is 0 Å². The maximum atomic E-state index is 14.4. The number of rotatable bonds is 23. The summed E-state index contributed by atoms with van der Waals surface area (Å²) >= 11 is 24.0. The summed E-state index contributed by atoms with van der Waals surface area (Å²) in [5, 5.41) is 19.8. The van der Waals surface area contributed by atoms with Gasteiger partial charge in [0, 0.05) is 112 Å². The number of nitrogens with zero attached hydrogens (tertiary/aromatic N) is 13. The molecule has 13 rings (SSSR count). The molecule has 626 valence electrons. The van der Waals surface area contributed by atoms with Gasteiger partial charge in [-0.1, -0.05) is 74.1 Å². The second-order valence-electron chi connectivity index (χ2n) is 26.4. The largest absolute Gasteiger partial charge is 0.405 e. The van der Waals surface area contributed by atoms with E-state index >= 15 is 0 Å². The van der Waals surface area contributed by atoms with Crippen molar-refractivity contribution in [3.63, 3.8) is 0 Å². The Morgan fingerprint density at radius 1 is 0.458 bits per heavy atom. The highest BCUT2D eigenvalue weighted by Crippen LogP contribution is 2.35. The number of carbonyl (C=O) groups excluding carboxylic acids is 4. The Kier molecular flexibility index (Phi) is 29.0. The minimum absolute atomic E-state index is 0.0552. The predicted molar refractivity (Wildman–Crippen MR) is 412 cm³/mol. The van der Waals surface area contributed by atoms with Crippen molar-refractivity contribution in [1.29, 1.82) is 0 Å². The molecule has 13 heterocycles. The van der Waals surface area contributed by atoms with Crippen LogP contribution in [0, 0.1) is 17.6 Å². The summed E-state index contributed by atoms with van der Waals surface area (Å²) in [6.07, 6.45) is 1.89. The number of hydrogen-bond acceptors (Lipinski definition) is 20. The summed E-state index contributed by atoms with van der Waals surface area (Å²) < 4.78 is 177. The first-order valence-electron chi connectivity index (χ1n) is 35.5. The maximum absolute atomic E-state index is 14.4. The molecule has 1 aliphatic heterocycles. The number of fused-ring (bicyclic) bond motifs is 4. The van der Waals surface area contributed by atoms with Crippen molar-refractivity contribution < 1.29 is 80.6 Å². The standard InChI is InChI=1S/C19H19ClF4N6O.C19H18ClF3N6O.C17H15ClF4N6O.C17H16ClF3N6O/c1-9(2)3-14(18(31)28-8-19(22,23)24)29-17-13(21)7-27-16(30-17)12-6-26-15-11(12)4-10(20)5-25-15;20-11-7-12-13(9-26-16(12)25-8-11)17-24-5-4-15(28-17)29-6-2-1-3-14(29)18(30)27-10-19(21,22)23;1-2-12(16(29)26-7-17(20,21)22)27-15-11(19)6-25-14(28-15)10-5-24-13-9(10)3-8(18)4-23-13;1-2-12(16(28)25-8-17(19,20)21)26-13-3-4-22-15(27-13)11-7-24-14-10(11)5-9(18)6-23-14/h4-7,9,14H,3,8H2,1-2H3,(H,25,26)(H,28,31)(H,27,29,30);4-5,7-9,14H,1-3,6,10H2,(H,25,26)(H,27,30);3-6,12H,2,7H2,1H3,(H,23,24)(H,26,29)(H,25,27,28);3-7,12H,2,8H2,1H3,(H,23,24)(H,25,28)(H,22,26,27)/t2*14-;2*12-/m1111/s1. The molecule has 4 atom stereocenters. The number of carbonyl (C=O) groups is 4. The van der Waals surface area contributed by atoms with Crippen LogP contribution in [0.1, 0.15) is 66.2 Å². The van der Waals surface area contributed by atoms with Crippen molar-refractivity contribution in [1.82, 2.24) is 101 Å². The van der Waals surface area contributed by atoms with E-state index in [1.54, 1.807) is 99.2 Å². The number of amides is 4. The van der Waals surface area contributed by atoms with E-state index in [1.807, 2.05) is 16.0 Å². The fourth-order valence-corrected chi connectivity index (χ4v) is 12.3. The van der Waals surface area contributed by atoms with Gasteiger partial charge in [-0.3, -0.25) is 19.2 Å². The summed E-state index contributed by atoms with van der Waals surface area (Å²) in [6.45, 7) is 1.64. The number of aromatic amines is 4. The van der Waals surface area contributed by atoms with Crippen LogP contribution in [-0.4, -0.2) is 185 Å². The smallest absolute Gasteiger partial charge is 0.358 e.